The van der Waals surface area contributed by atoms with Crippen LogP contribution in [-0.4, -0.2) is 42.1 Å². The van der Waals surface area contributed by atoms with Gasteiger partial charge >= 0.3 is 0 Å². The summed E-state index contributed by atoms with van der Waals surface area (Å²) in [7, 11) is 0. The van der Waals surface area contributed by atoms with Crippen molar-refractivity contribution in [3.63, 3.8) is 0 Å². The van der Waals surface area contributed by atoms with Crippen LogP contribution in [0, 0.1) is 0 Å². The fraction of sp³-hybridized carbons (Fsp3) is 0.357. The van der Waals surface area contributed by atoms with Crippen LogP contribution in [0.5, 0.6) is 0 Å². The van der Waals surface area contributed by atoms with E-state index >= 15 is 0 Å². The van der Waals surface area contributed by atoms with E-state index in [9.17, 15) is 4.79 Å². The standard InChI is InChI=1S/C28H28N6O2S/c1-3-18(9-25-28(6-4-7-28)34(25)16(2)35)33-14-17(11-32-33)21-12-31-27(29)26-20(21)10-23(36-26)22-15-37-24-13-30-8-5-19(22)24/h5,8,10-15,18,25H,3-4,6-7,9H2,1-2H3,(H2,29,31)/t18-,25-,34?/m0/s1. The van der Waals surface area contributed by atoms with Crippen molar-refractivity contribution in [1.29, 1.82) is 0 Å². The molecule has 0 bridgehead atoms. The lowest BCUT2D eigenvalue weighted by Gasteiger charge is -2.26. The van der Waals surface area contributed by atoms with E-state index in [0.717, 1.165) is 63.6 Å². The lowest BCUT2D eigenvalue weighted by atomic mass is 9.80. The molecular formula is C28H28N6O2S. The van der Waals surface area contributed by atoms with Crippen molar-refractivity contribution < 1.29 is 9.21 Å². The largest absolute Gasteiger partial charge is 0.452 e. The van der Waals surface area contributed by atoms with Gasteiger partial charge in [0.15, 0.2) is 11.4 Å². The Hall–Kier alpha value is -3.72. The number of aromatic nitrogens is 4. The predicted octanol–water partition coefficient (Wildman–Crippen LogP) is 6.04. The molecule has 2 atom stereocenters. The van der Waals surface area contributed by atoms with Crippen molar-refractivity contribution in [3.8, 4) is 22.5 Å². The van der Waals surface area contributed by atoms with Gasteiger partial charge in [0.2, 0.25) is 5.91 Å². The first-order valence-electron chi connectivity index (χ1n) is 12.8. The van der Waals surface area contributed by atoms with Gasteiger partial charge in [0.25, 0.3) is 0 Å². The van der Waals surface area contributed by atoms with E-state index in [1.54, 1.807) is 30.7 Å². The molecule has 2 N–H and O–H groups in total. The summed E-state index contributed by atoms with van der Waals surface area (Å²) in [6.07, 6.45) is 14.8. The molecule has 8 nitrogen and oxygen atoms in total. The number of nitrogens with two attached hydrogens (primary N) is 1. The molecule has 2 aliphatic rings. The zero-order valence-corrected chi connectivity index (χ0v) is 21.7. The molecule has 37 heavy (non-hydrogen) atoms. The number of rotatable bonds is 6. The number of carbonyl (C=O) groups is 1. The van der Waals surface area contributed by atoms with Gasteiger partial charge in [-0.3, -0.25) is 14.5 Å². The average Bonchev–Trinajstić information content (AvgIpc) is 3.30. The predicted molar refractivity (Wildman–Crippen MR) is 145 cm³/mol. The van der Waals surface area contributed by atoms with Gasteiger partial charge in [0.1, 0.15) is 5.76 Å². The number of furan rings is 1. The molecule has 5 aromatic heterocycles. The van der Waals surface area contributed by atoms with Crippen molar-refractivity contribution in [3.05, 3.63) is 48.5 Å². The Kier molecular flexibility index (Phi) is 4.95. The second-order valence-corrected chi connectivity index (χ2v) is 11.2. The van der Waals surface area contributed by atoms with Crippen LogP contribution >= 0.6 is 11.3 Å². The normalized spacial score (nSPS) is 19.0. The third kappa shape index (κ3) is 3.33. The number of carbonyl (C=O) groups excluding carboxylic acids is 1. The van der Waals surface area contributed by atoms with Gasteiger partial charge in [-0.15, -0.1) is 11.3 Å². The first-order valence-corrected chi connectivity index (χ1v) is 13.7. The fourth-order valence-electron chi connectivity index (χ4n) is 6.29. The molecule has 0 unspecified atom stereocenters. The van der Waals surface area contributed by atoms with E-state index in [-0.39, 0.29) is 17.5 Å². The minimum absolute atomic E-state index is 0.122. The van der Waals surface area contributed by atoms with Crippen LogP contribution in [0.15, 0.2) is 52.9 Å². The SMILES string of the molecule is CC[C@@H](C[C@@H]1N(C(C)=O)C12CCC2)n1cc(-c2cnc(N)c3oc(-c4csc5cnccc45)cc23)cn1. The van der Waals surface area contributed by atoms with Gasteiger partial charge in [-0.05, 0) is 44.2 Å². The Labute approximate surface area is 218 Å². The maximum absolute atomic E-state index is 12.2. The summed E-state index contributed by atoms with van der Waals surface area (Å²) in [5.41, 5.74) is 9.88. The second kappa shape index (κ2) is 8.14. The molecule has 1 amide bonds. The van der Waals surface area contributed by atoms with Crippen LogP contribution in [0.25, 0.3) is 43.5 Å². The number of thiophene rings is 1. The molecule has 2 fully saturated rings. The van der Waals surface area contributed by atoms with Gasteiger partial charge in [-0.2, -0.15) is 5.10 Å². The number of fused-ring (bicyclic) bond motifs is 2. The monoisotopic (exact) mass is 512 g/mol. The second-order valence-electron chi connectivity index (χ2n) is 10.3. The van der Waals surface area contributed by atoms with Gasteiger partial charge in [-0.25, -0.2) is 4.98 Å². The number of pyridine rings is 2. The summed E-state index contributed by atoms with van der Waals surface area (Å²) in [5, 5.41) is 8.87. The molecule has 6 heterocycles. The summed E-state index contributed by atoms with van der Waals surface area (Å²) < 4.78 is 9.43. The highest BCUT2D eigenvalue weighted by molar-refractivity contribution is 7.17. The molecule has 5 aromatic rings. The molecule has 1 spiro atoms. The van der Waals surface area contributed by atoms with E-state index in [1.165, 1.54) is 6.42 Å². The molecule has 1 saturated carbocycles. The van der Waals surface area contributed by atoms with E-state index in [1.807, 2.05) is 18.5 Å². The lowest BCUT2D eigenvalue weighted by molar-refractivity contribution is -0.125. The summed E-state index contributed by atoms with van der Waals surface area (Å²) >= 11 is 1.64. The van der Waals surface area contributed by atoms with Gasteiger partial charge in [0.05, 0.1) is 28.5 Å². The minimum Gasteiger partial charge on any atom is -0.452 e. The van der Waals surface area contributed by atoms with Crippen LogP contribution in [0.2, 0.25) is 0 Å². The molecule has 1 aliphatic carbocycles. The fourth-order valence-corrected chi connectivity index (χ4v) is 7.20. The number of nitrogens with zero attached hydrogens (tertiary/aromatic N) is 5. The summed E-state index contributed by atoms with van der Waals surface area (Å²) in [6.45, 7) is 3.88. The van der Waals surface area contributed by atoms with Crippen LogP contribution < -0.4 is 5.73 Å². The minimum atomic E-state index is 0.122. The third-order valence-electron chi connectivity index (χ3n) is 8.39. The molecular weight excluding hydrogens is 484 g/mol. The molecule has 0 radical (unpaired) electrons. The smallest absolute Gasteiger partial charge is 0.220 e. The molecule has 1 saturated heterocycles. The van der Waals surface area contributed by atoms with Crippen molar-refractivity contribution in [1.82, 2.24) is 24.6 Å². The summed E-state index contributed by atoms with van der Waals surface area (Å²) in [6, 6.07) is 4.61. The van der Waals surface area contributed by atoms with Crippen LogP contribution in [0.1, 0.15) is 52.0 Å². The highest BCUT2D eigenvalue weighted by atomic mass is 32.1. The topological polar surface area (TPSA) is 103 Å². The Balaban J connectivity index is 1.22. The summed E-state index contributed by atoms with van der Waals surface area (Å²) in [4.78, 5) is 23.0. The van der Waals surface area contributed by atoms with Gasteiger partial charge in [-0.1, -0.05) is 6.92 Å². The van der Waals surface area contributed by atoms with E-state index in [0.29, 0.717) is 17.4 Å². The zero-order valence-electron chi connectivity index (χ0n) is 20.8. The molecule has 0 aromatic carbocycles. The van der Waals surface area contributed by atoms with Crippen molar-refractivity contribution >= 4 is 44.1 Å². The molecule has 9 heteroatoms. The molecule has 1 aliphatic heterocycles. The van der Waals surface area contributed by atoms with Gasteiger partial charge in [0, 0.05) is 64.6 Å². The van der Waals surface area contributed by atoms with Crippen LogP contribution in [-0.2, 0) is 4.79 Å². The first-order chi connectivity index (χ1) is 18.0. The highest BCUT2D eigenvalue weighted by Crippen LogP contribution is 2.57. The number of amides is 1. The molecule has 7 rings (SSSR count). The quantitative estimate of drug-likeness (QED) is 0.278. The summed E-state index contributed by atoms with van der Waals surface area (Å²) in [5.74, 6) is 1.33. The van der Waals surface area contributed by atoms with Gasteiger partial charge < -0.3 is 15.1 Å². The highest BCUT2D eigenvalue weighted by Gasteiger charge is 2.66. The van der Waals surface area contributed by atoms with Crippen molar-refractivity contribution in [2.45, 2.75) is 63.6 Å². The Morgan fingerprint density at radius 3 is 2.86 bits per heavy atom. The number of nitrogen functional groups attached to an aromatic ring is 1. The van der Waals surface area contributed by atoms with E-state index in [4.69, 9.17) is 15.2 Å². The lowest BCUT2D eigenvalue weighted by Crippen LogP contribution is -2.30. The van der Waals surface area contributed by atoms with Crippen LogP contribution in [0.3, 0.4) is 0 Å². The van der Waals surface area contributed by atoms with E-state index < -0.39 is 0 Å². The number of anilines is 1. The Bertz CT molecular complexity index is 1660. The Morgan fingerprint density at radius 1 is 1.27 bits per heavy atom. The first kappa shape index (κ1) is 22.5. The van der Waals surface area contributed by atoms with Crippen LogP contribution in [0.4, 0.5) is 5.82 Å². The molecule has 188 valence electrons. The van der Waals surface area contributed by atoms with E-state index in [2.05, 4.69) is 44.1 Å². The number of hydrogen-bond acceptors (Lipinski definition) is 7. The zero-order chi connectivity index (χ0) is 25.3. The Morgan fingerprint density at radius 2 is 2.14 bits per heavy atom. The number of hydrogen-bond donors (Lipinski definition) is 1. The van der Waals surface area contributed by atoms with Crippen molar-refractivity contribution in [2.75, 3.05) is 5.73 Å². The maximum Gasteiger partial charge on any atom is 0.220 e. The third-order valence-corrected chi connectivity index (χ3v) is 9.32. The van der Waals surface area contributed by atoms with Crippen molar-refractivity contribution in [2.24, 2.45) is 0 Å². The maximum atomic E-state index is 12.2. The average molecular weight is 513 g/mol.